The molecule has 0 fully saturated rings. The Morgan fingerprint density at radius 3 is 1.70 bits per heavy atom. The minimum atomic E-state index is -1.25. The summed E-state index contributed by atoms with van der Waals surface area (Å²) in [5.74, 6) is -5.77. The third-order valence-electron chi connectivity index (χ3n) is 8.16. The number of aliphatic carboxylic acids is 1. The molecule has 0 aromatic heterocycles. The molecule has 0 saturated carbocycles. The Hall–Kier alpha value is -4.98. The lowest BCUT2D eigenvalue weighted by atomic mass is 9.93. The van der Waals surface area contributed by atoms with Gasteiger partial charge in [0.25, 0.3) is 0 Å². The number of alkyl carbamates (subject to hydrolysis) is 2. The Morgan fingerprint density at radius 1 is 0.696 bits per heavy atom. The van der Waals surface area contributed by atoms with E-state index in [4.69, 9.17) is 21.1 Å². The number of nitrogens with one attached hydrogen (secondary N) is 4. The van der Waals surface area contributed by atoms with Crippen molar-refractivity contribution in [1.29, 1.82) is 0 Å². The first-order valence-corrected chi connectivity index (χ1v) is 19.0. The quantitative estimate of drug-likeness (QED) is 0.0998. The molecular formula is C41H57ClN4O10. The molecule has 0 aliphatic carbocycles. The van der Waals surface area contributed by atoms with E-state index < -0.39 is 76.7 Å². The number of ether oxygens (including phenoxy) is 2. The van der Waals surface area contributed by atoms with Gasteiger partial charge in [0.2, 0.25) is 11.8 Å². The Kier molecular flexibility index (Phi) is 18.0. The van der Waals surface area contributed by atoms with Gasteiger partial charge in [0.1, 0.15) is 17.2 Å². The number of carboxylic acids is 1. The van der Waals surface area contributed by atoms with Crippen molar-refractivity contribution in [3.63, 3.8) is 0 Å². The van der Waals surface area contributed by atoms with Crippen molar-refractivity contribution < 1.29 is 48.1 Å². The van der Waals surface area contributed by atoms with E-state index in [9.17, 15) is 38.7 Å². The summed E-state index contributed by atoms with van der Waals surface area (Å²) in [6.45, 7) is 14.7. The average Bonchev–Trinajstić information content (AvgIpc) is 3.07. The van der Waals surface area contributed by atoms with Gasteiger partial charge in [0.15, 0.2) is 11.6 Å². The van der Waals surface area contributed by atoms with Crippen LogP contribution in [0.15, 0.2) is 48.5 Å². The molecule has 2 aromatic rings. The van der Waals surface area contributed by atoms with Gasteiger partial charge in [-0.2, -0.15) is 0 Å². The molecule has 4 amide bonds. The van der Waals surface area contributed by atoms with Gasteiger partial charge < -0.3 is 35.8 Å². The predicted molar refractivity (Wildman–Crippen MR) is 212 cm³/mol. The highest BCUT2D eigenvalue weighted by molar-refractivity contribution is 6.30. The minimum absolute atomic E-state index is 0.0243. The smallest absolute Gasteiger partial charge is 0.407 e. The van der Waals surface area contributed by atoms with Crippen molar-refractivity contribution >= 4 is 53.1 Å². The van der Waals surface area contributed by atoms with E-state index in [0.717, 1.165) is 11.1 Å². The summed E-state index contributed by atoms with van der Waals surface area (Å²) in [5, 5.41) is 20.4. The number of hydrogen-bond donors (Lipinski definition) is 5. The van der Waals surface area contributed by atoms with Crippen LogP contribution < -0.4 is 21.3 Å². The Morgan fingerprint density at radius 2 is 1.20 bits per heavy atom. The second kappa shape index (κ2) is 21.4. The SMILES string of the molecule is CC(C)C[C@H](NC(=O)[C@H](C)CC(=O)[C@H](CCNC(=O)OC(C)(C)C)NC(=O)[C@H](CNC(=O)OC(C)(C)C)CC(=O)c1ccc(-c2ccc(Cl)cc2)cc1)C(=O)O. The van der Waals surface area contributed by atoms with Crippen LogP contribution in [-0.2, 0) is 28.7 Å². The van der Waals surface area contributed by atoms with Crippen LogP contribution in [0.1, 0.15) is 98.4 Å². The number of carbonyl (C=O) groups excluding carboxylic acids is 6. The molecule has 14 nitrogen and oxygen atoms in total. The minimum Gasteiger partial charge on any atom is -0.480 e. The van der Waals surface area contributed by atoms with Gasteiger partial charge in [-0.3, -0.25) is 19.2 Å². The molecule has 0 aliphatic heterocycles. The number of benzene rings is 2. The summed E-state index contributed by atoms with van der Waals surface area (Å²) in [7, 11) is 0. The van der Waals surface area contributed by atoms with E-state index in [1.165, 1.54) is 6.92 Å². The maximum absolute atomic E-state index is 13.9. The molecule has 56 heavy (non-hydrogen) atoms. The summed E-state index contributed by atoms with van der Waals surface area (Å²) >= 11 is 6.01. The van der Waals surface area contributed by atoms with Gasteiger partial charge in [-0.05, 0) is 83.6 Å². The number of ketones is 2. The summed E-state index contributed by atoms with van der Waals surface area (Å²) in [6.07, 6.45) is -2.24. The maximum atomic E-state index is 13.9. The fourth-order valence-corrected chi connectivity index (χ4v) is 5.52. The molecule has 0 saturated heterocycles. The molecule has 0 aliphatic rings. The van der Waals surface area contributed by atoms with Crippen LogP contribution in [0, 0.1) is 17.8 Å². The van der Waals surface area contributed by atoms with Crippen molar-refractivity contribution in [3.8, 4) is 11.1 Å². The van der Waals surface area contributed by atoms with Gasteiger partial charge in [0.05, 0.1) is 12.0 Å². The number of carboxylic acid groups (broad SMARTS) is 1. The third kappa shape index (κ3) is 17.7. The number of Topliss-reactive ketones (excluding diaryl/α,β-unsaturated/α-hetero) is 2. The highest BCUT2D eigenvalue weighted by atomic mass is 35.5. The van der Waals surface area contributed by atoms with Crippen molar-refractivity contribution in [3.05, 3.63) is 59.1 Å². The highest BCUT2D eigenvalue weighted by Crippen LogP contribution is 2.23. The highest BCUT2D eigenvalue weighted by Gasteiger charge is 2.32. The van der Waals surface area contributed by atoms with E-state index in [1.807, 2.05) is 26.0 Å². The summed E-state index contributed by atoms with van der Waals surface area (Å²) in [6, 6.07) is 11.5. The first kappa shape index (κ1) is 47.2. The molecule has 5 N–H and O–H groups in total. The van der Waals surface area contributed by atoms with E-state index in [-0.39, 0.29) is 44.7 Å². The van der Waals surface area contributed by atoms with Crippen LogP contribution in [0.5, 0.6) is 0 Å². The number of rotatable bonds is 19. The van der Waals surface area contributed by atoms with Crippen molar-refractivity contribution in [2.75, 3.05) is 13.1 Å². The Bertz CT molecular complexity index is 1680. The number of carbonyl (C=O) groups is 7. The van der Waals surface area contributed by atoms with E-state index in [0.29, 0.717) is 10.6 Å². The maximum Gasteiger partial charge on any atom is 0.407 e. The third-order valence-corrected chi connectivity index (χ3v) is 8.41. The van der Waals surface area contributed by atoms with Crippen molar-refractivity contribution in [2.45, 2.75) is 111 Å². The van der Waals surface area contributed by atoms with Gasteiger partial charge in [-0.1, -0.05) is 68.8 Å². The summed E-state index contributed by atoms with van der Waals surface area (Å²) < 4.78 is 10.6. The zero-order valence-electron chi connectivity index (χ0n) is 33.7. The first-order chi connectivity index (χ1) is 25.9. The Balaban J connectivity index is 2.33. The van der Waals surface area contributed by atoms with Crippen molar-refractivity contribution in [2.24, 2.45) is 17.8 Å². The standard InChI is InChI=1S/C41H57ClN4O10/c1-24(2)20-32(37(51)52)46-35(49)25(3)21-34(48)31(18-19-43-38(53)55-40(4,5)6)45-36(50)29(23-44-39(54)56-41(7,8)9)22-33(47)28-12-10-26(11-13-28)27-14-16-30(42)17-15-27/h10-17,24-25,29,31-32H,18-23H2,1-9H3,(H,43,53)(H,44,54)(H,45,50)(H,46,49)(H,51,52)/t25-,29+,31+,32+/m1/s1. The average molecular weight is 801 g/mol. The molecule has 0 unspecified atom stereocenters. The fraction of sp³-hybridized carbons (Fsp3) is 0.537. The molecule has 308 valence electrons. The van der Waals surface area contributed by atoms with Gasteiger partial charge in [-0.15, -0.1) is 0 Å². The largest absolute Gasteiger partial charge is 0.480 e. The van der Waals surface area contributed by atoms with Gasteiger partial charge >= 0.3 is 18.2 Å². The molecule has 2 aromatic carbocycles. The molecule has 2 rings (SSSR count). The molecule has 0 radical (unpaired) electrons. The van der Waals surface area contributed by atoms with Gasteiger partial charge in [-0.25, -0.2) is 14.4 Å². The zero-order chi connectivity index (χ0) is 42.4. The molecule has 15 heteroatoms. The molecule has 0 spiro atoms. The normalized spacial score (nSPS) is 13.7. The lowest BCUT2D eigenvalue weighted by Gasteiger charge is -2.25. The summed E-state index contributed by atoms with van der Waals surface area (Å²) in [4.78, 5) is 90.9. The van der Waals surface area contributed by atoms with Crippen molar-refractivity contribution in [1.82, 2.24) is 21.3 Å². The molecule has 4 atom stereocenters. The van der Waals surface area contributed by atoms with E-state index in [2.05, 4.69) is 21.3 Å². The molecule has 0 heterocycles. The molecular weight excluding hydrogens is 744 g/mol. The van der Waals surface area contributed by atoms with Crippen LogP contribution in [0.4, 0.5) is 9.59 Å². The summed E-state index contributed by atoms with van der Waals surface area (Å²) in [5.41, 5.74) is 0.389. The molecule has 0 bridgehead atoms. The van der Waals surface area contributed by atoms with Crippen LogP contribution in [0.3, 0.4) is 0 Å². The lowest BCUT2D eigenvalue weighted by Crippen LogP contribution is -2.49. The first-order valence-electron chi connectivity index (χ1n) is 18.6. The van der Waals surface area contributed by atoms with Crippen LogP contribution >= 0.6 is 11.6 Å². The fourth-order valence-electron chi connectivity index (χ4n) is 5.39. The predicted octanol–water partition coefficient (Wildman–Crippen LogP) is 6.33. The number of halogens is 1. The number of amides is 4. The second-order valence-electron chi connectivity index (χ2n) is 16.2. The lowest BCUT2D eigenvalue weighted by molar-refractivity contribution is -0.143. The monoisotopic (exact) mass is 800 g/mol. The number of hydrogen-bond acceptors (Lipinski definition) is 9. The topological polar surface area (TPSA) is 206 Å². The van der Waals surface area contributed by atoms with Crippen LogP contribution in [-0.4, -0.2) is 83.0 Å². The van der Waals surface area contributed by atoms with Crippen LogP contribution in [0.2, 0.25) is 5.02 Å². The second-order valence-corrected chi connectivity index (χ2v) is 16.6. The van der Waals surface area contributed by atoms with E-state index >= 15 is 0 Å². The zero-order valence-corrected chi connectivity index (χ0v) is 34.5. The van der Waals surface area contributed by atoms with Crippen LogP contribution in [0.25, 0.3) is 11.1 Å². The van der Waals surface area contributed by atoms with E-state index in [1.54, 1.807) is 77.9 Å². The van der Waals surface area contributed by atoms with Gasteiger partial charge in [0, 0.05) is 42.4 Å². The Labute approximate surface area is 334 Å².